The van der Waals surface area contributed by atoms with Crippen LogP contribution in [0.25, 0.3) is 0 Å². The van der Waals surface area contributed by atoms with Gasteiger partial charge in [-0.3, -0.25) is 4.79 Å². The maximum absolute atomic E-state index is 12.0. The molecule has 1 amide bonds. The van der Waals surface area contributed by atoms with E-state index in [2.05, 4.69) is 5.32 Å². The van der Waals surface area contributed by atoms with Crippen LogP contribution in [0.15, 0.2) is 30.3 Å². The summed E-state index contributed by atoms with van der Waals surface area (Å²) in [6.07, 6.45) is 6.06. The second kappa shape index (κ2) is 8.46. The van der Waals surface area contributed by atoms with Gasteiger partial charge in [0.1, 0.15) is 0 Å². The van der Waals surface area contributed by atoms with Gasteiger partial charge >= 0.3 is 0 Å². The van der Waals surface area contributed by atoms with E-state index in [1.165, 1.54) is 6.42 Å². The van der Waals surface area contributed by atoms with Crippen LogP contribution in [0.3, 0.4) is 0 Å². The molecule has 2 rings (SSSR count). The molecule has 0 aliphatic heterocycles. The molecule has 0 saturated heterocycles. The van der Waals surface area contributed by atoms with Gasteiger partial charge in [0, 0.05) is 6.54 Å². The van der Waals surface area contributed by atoms with Crippen molar-refractivity contribution in [1.82, 2.24) is 5.32 Å². The van der Waals surface area contributed by atoms with Gasteiger partial charge in [0.25, 0.3) is 0 Å². The quantitative estimate of drug-likeness (QED) is 0.677. The molecule has 3 unspecified atom stereocenters. The number of benzene rings is 1. The lowest BCUT2D eigenvalue weighted by Gasteiger charge is -2.27. The third-order valence-corrected chi connectivity index (χ3v) is 4.84. The Kier molecular flexibility index (Phi) is 6.60. The van der Waals surface area contributed by atoms with Crippen molar-refractivity contribution < 1.29 is 15.0 Å². The molecule has 3 N–H and O–H groups in total. The molecule has 128 valence electrons. The van der Waals surface area contributed by atoms with E-state index in [1.807, 2.05) is 30.3 Å². The van der Waals surface area contributed by atoms with Crippen molar-refractivity contribution in [3.8, 4) is 0 Å². The molecular weight excluding hydrogens is 290 g/mol. The molecule has 1 saturated carbocycles. The number of hydrogen-bond donors (Lipinski definition) is 3. The molecule has 1 aliphatic carbocycles. The minimum Gasteiger partial charge on any atom is -0.393 e. The van der Waals surface area contributed by atoms with E-state index >= 15 is 0 Å². The molecule has 4 nitrogen and oxygen atoms in total. The van der Waals surface area contributed by atoms with Gasteiger partial charge in [-0.2, -0.15) is 0 Å². The van der Waals surface area contributed by atoms with E-state index in [4.69, 9.17) is 0 Å². The number of rotatable bonds is 7. The summed E-state index contributed by atoms with van der Waals surface area (Å²) in [6, 6.07) is 9.27. The van der Waals surface area contributed by atoms with E-state index in [0.717, 1.165) is 37.7 Å². The first kappa shape index (κ1) is 18.0. The van der Waals surface area contributed by atoms with Crippen molar-refractivity contribution >= 4 is 5.91 Å². The fourth-order valence-corrected chi connectivity index (χ4v) is 3.39. The number of amides is 1. The van der Waals surface area contributed by atoms with Gasteiger partial charge in [0.05, 0.1) is 18.1 Å². The summed E-state index contributed by atoms with van der Waals surface area (Å²) in [6.45, 7) is 2.27. The Morgan fingerprint density at radius 3 is 2.65 bits per heavy atom. The Bertz CT molecular complexity index is 487. The fourth-order valence-electron chi connectivity index (χ4n) is 3.39. The summed E-state index contributed by atoms with van der Waals surface area (Å²) in [5.41, 5.74) is -0.397. The van der Waals surface area contributed by atoms with Gasteiger partial charge in [-0.15, -0.1) is 0 Å². The minimum absolute atomic E-state index is 0.0586. The highest BCUT2D eigenvalue weighted by Gasteiger charge is 2.26. The molecule has 0 heterocycles. The zero-order valence-corrected chi connectivity index (χ0v) is 14.0. The van der Waals surface area contributed by atoms with Crippen LogP contribution in [0.2, 0.25) is 0 Å². The molecule has 0 radical (unpaired) electrons. The third-order valence-electron chi connectivity index (χ3n) is 4.84. The highest BCUT2D eigenvalue weighted by Crippen LogP contribution is 2.28. The maximum Gasteiger partial charge on any atom is 0.223 e. The summed E-state index contributed by atoms with van der Waals surface area (Å²) >= 11 is 0. The van der Waals surface area contributed by atoms with Crippen LogP contribution >= 0.6 is 0 Å². The second-order valence-electron chi connectivity index (χ2n) is 6.92. The lowest BCUT2D eigenvalue weighted by molar-refractivity contribution is -0.125. The van der Waals surface area contributed by atoms with Crippen molar-refractivity contribution in [2.24, 2.45) is 5.92 Å². The molecule has 0 spiro atoms. The van der Waals surface area contributed by atoms with Crippen molar-refractivity contribution in [2.75, 3.05) is 6.54 Å². The number of aliphatic hydroxyl groups excluding tert-OH is 1. The van der Waals surface area contributed by atoms with E-state index < -0.39 is 5.60 Å². The maximum atomic E-state index is 12.0. The largest absolute Gasteiger partial charge is 0.393 e. The van der Waals surface area contributed by atoms with Gasteiger partial charge < -0.3 is 15.5 Å². The monoisotopic (exact) mass is 319 g/mol. The average Bonchev–Trinajstić information content (AvgIpc) is 2.53. The van der Waals surface area contributed by atoms with Crippen molar-refractivity contribution in [1.29, 1.82) is 0 Å². The zero-order valence-electron chi connectivity index (χ0n) is 14.0. The molecular formula is C19H29NO3. The summed E-state index contributed by atoms with van der Waals surface area (Å²) < 4.78 is 0. The van der Waals surface area contributed by atoms with Crippen LogP contribution in [0.4, 0.5) is 0 Å². The number of carbonyl (C=O) groups is 1. The Balaban J connectivity index is 1.69. The molecule has 1 aliphatic rings. The zero-order chi connectivity index (χ0) is 16.7. The molecule has 0 bridgehead atoms. The summed E-state index contributed by atoms with van der Waals surface area (Å²) in [7, 11) is 0. The summed E-state index contributed by atoms with van der Waals surface area (Å²) in [5, 5.41) is 23.3. The van der Waals surface area contributed by atoms with Crippen molar-refractivity contribution in [3.05, 3.63) is 35.9 Å². The second-order valence-corrected chi connectivity index (χ2v) is 6.92. The molecule has 4 heteroatoms. The van der Waals surface area contributed by atoms with Gasteiger partial charge in [0.15, 0.2) is 0 Å². The summed E-state index contributed by atoms with van der Waals surface area (Å²) in [5.74, 6) is 0.246. The van der Waals surface area contributed by atoms with Crippen LogP contribution in [0, 0.1) is 5.92 Å². The van der Waals surface area contributed by atoms with Crippen LogP contribution < -0.4 is 5.32 Å². The van der Waals surface area contributed by atoms with Gasteiger partial charge in [0.2, 0.25) is 5.91 Å². The lowest BCUT2D eigenvalue weighted by atomic mass is 9.83. The number of aliphatic hydroxyl groups is 2. The van der Waals surface area contributed by atoms with Crippen LogP contribution in [-0.2, 0) is 10.4 Å². The molecule has 23 heavy (non-hydrogen) atoms. The number of nitrogens with one attached hydrogen (secondary N) is 1. The third kappa shape index (κ3) is 5.63. The molecule has 3 atom stereocenters. The average molecular weight is 319 g/mol. The highest BCUT2D eigenvalue weighted by atomic mass is 16.3. The summed E-state index contributed by atoms with van der Waals surface area (Å²) in [4.78, 5) is 12.0. The lowest BCUT2D eigenvalue weighted by Crippen LogP contribution is -2.33. The van der Waals surface area contributed by atoms with Crippen LogP contribution in [-0.4, -0.2) is 28.8 Å². The predicted molar refractivity (Wildman–Crippen MR) is 90.8 cm³/mol. The van der Waals surface area contributed by atoms with Gasteiger partial charge in [-0.1, -0.05) is 43.2 Å². The number of hydrogen-bond acceptors (Lipinski definition) is 3. The Hall–Kier alpha value is -1.39. The Morgan fingerprint density at radius 2 is 1.96 bits per heavy atom. The Labute approximate surface area is 138 Å². The first-order valence-electron chi connectivity index (χ1n) is 8.72. The molecule has 1 fully saturated rings. The fraction of sp³-hybridized carbons (Fsp3) is 0.632. The minimum atomic E-state index is -1.15. The molecule has 1 aromatic rings. The highest BCUT2D eigenvalue weighted by molar-refractivity contribution is 5.77. The number of carbonyl (C=O) groups excluding carboxylic acids is 1. The first-order valence-corrected chi connectivity index (χ1v) is 8.72. The normalized spacial score (nSPS) is 24.0. The van der Waals surface area contributed by atoms with E-state index in [-0.39, 0.29) is 18.4 Å². The van der Waals surface area contributed by atoms with Crippen LogP contribution in [0.1, 0.15) is 57.4 Å². The first-order chi connectivity index (χ1) is 11.0. The predicted octanol–water partition coefficient (Wildman–Crippen LogP) is 2.73. The van der Waals surface area contributed by atoms with E-state index in [9.17, 15) is 15.0 Å². The van der Waals surface area contributed by atoms with E-state index in [1.54, 1.807) is 6.92 Å². The standard InChI is InChI=1S/C19H29NO3/c1-19(23,16-10-3-2-4-11-16)14-18(22)20-13-7-9-15-8-5-6-12-17(15)21/h2-4,10-11,15,17,21,23H,5-9,12-14H2,1H3,(H,20,22). The Morgan fingerprint density at radius 1 is 1.26 bits per heavy atom. The molecule has 0 aromatic heterocycles. The smallest absolute Gasteiger partial charge is 0.223 e. The van der Waals surface area contributed by atoms with Crippen molar-refractivity contribution in [2.45, 2.75) is 63.6 Å². The van der Waals surface area contributed by atoms with Crippen LogP contribution in [0.5, 0.6) is 0 Å². The van der Waals surface area contributed by atoms with Gasteiger partial charge in [-0.25, -0.2) is 0 Å². The topological polar surface area (TPSA) is 69.6 Å². The van der Waals surface area contributed by atoms with Crippen molar-refractivity contribution in [3.63, 3.8) is 0 Å². The van der Waals surface area contributed by atoms with Gasteiger partial charge in [-0.05, 0) is 44.1 Å². The van der Waals surface area contributed by atoms with E-state index in [0.29, 0.717) is 12.5 Å². The molecule has 1 aromatic carbocycles. The SMILES string of the molecule is CC(O)(CC(=O)NCCCC1CCCCC1O)c1ccccc1.